The molecule has 0 aromatic rings. The van der Waals surface area contributed by atoms with E-state index < -0.39 is 11.4 Å². The van der Waals surface area contributed by atoms with Crippen molar-refractivity contribution in [1.29, 1.82) is 0 Å². The summed E-state index contributed by atoms with van der Waals surface area (Å²) < 4.78 is 0. The van der Waals surface area contributed by atoms with Gasteiger partial charge in [0.2, 0.25) is 0 Å². The lowest BCUT2D eigenvalue weighted by Gasteiger charge is -2.42. The molecule has 1 atom stereocenters. The molecule has 0 spiro atoms. The number of rotatable bonds is 2. The Balaban J connectivity index is 1.96. The Morgan fingerprint density at radius 3 is 2.40 bits per heavy atom. The Kier molecular flexibility index (Phi) is 4.52. The second-order valence-corrected chi connectivity index (χ2v) is 6.16. The lowest BCUT2D eigenvalue weighted by Crippen LogP contribution is -2.54. The summed E-state index contributed by atoms with van der Waals surface area (Å²) >= 11 is 0. The first kappa shape index (κ1) is 15.1. The Bertz CT molecular complexity index is 377. The first-order valence-corrected chi connectivity index (χ1v) is 7.38. The number of piperidine rings is 2. The zero-order chi connectivity index (χ0) is 14.8. The summed E-state index contributed by atoms with van der Waals surface area (Å²) in [7, 11) is 0. The molecule has 114 valence electrons. The third kappa shape index (κ3) is 2.90. The number of urea groups is 1. The molecule has 2 N–H and O–H groups in total. The Morgan fingerprint density at radius 2 is 1.85 bits per heavy atom. The number of aliphatic carboxylic acids is 1. The van der Waals surface area contributed by atoms with Crippen LogP contribution >= 0.6 is 0 Å². The van der Waals surface area contributed by atoms with E-state index in [0.717, 1.165) is 19.3 Å². The van der Waals surface area contributed by atoms with Crippen LogP contribution in [0, 0.1) is 5.41 Å². The van der Waals surface area contributed by atoms with Crippen molar-refractivity contribution in [2.24, 2.45) is 5.41 Å². The molecule has 0 bridgehead atoms. The zero-order valence-corrected chi connectivity index (χ0v) is 12.0. The summed E-state index contributed by atoms with van der Waals surface area (Å²) in [5.74, 6) is -0.782. The van der Waals surface area contributed by atoms with E-state index in [9.17, 15) is 19.8 Å². The number of aliphatic hydroxyl groups is 1. The van der Waals surface area contributed by atoms with E-state index in [2.05, 4.69) is 0 Å². The molecule has 0 aliphatic carbocycles. The monoisotopic (exact) mass is 284 g/mol. The SMILES string of the molecule is CC1(C(=O)O)CCN(C(=O)N2CCCCC2CO)CC1. The highest BCUT2D eigenvalue weighted by molar-refractivity contribution is 5.77. The molecule has 0 radical (unpaired) electrons. The number of carboxylic acids is 1. The Hall–Kier alpha value is -1.30. The molecule has 0 saturated carbocycles. The van der Waals surface area contributed by atoms with Gasteiger partial charge in [0.25, 0.3) is 0 Å². The number of carbonyl (C=O) groups excluding carboxylic acids is 1. The number of carbonyl (C=O) groups is 2. The number of hydrogen-bond acceptors (Lipinski definition) is 3. The molecular weight excluding hydrogens is 260 g/mol. The first-order valence-electron chi connectivity index (χ1n) is 7.38. The molecule has 2 saturated heterocycles. The van der Waals surface area contributed by atoms with Gasteiger partial charge in [0, 0.05) is 19.6 Å². The summed E-state index contributed by atoms with van der Waals surface area (Å²) in [6.45, 7) is 3.41. The number of amides is 2. The van der Waals surface area contributed by atoms with Crippen LogP contribution in [0.25, 0.3) is 0 Å². The van der Waals surface area contributed by atoms with Gasteiger partial charge in [-0.15, -0.1) is 0 Å². The second kappa shape index (κ2) is 5.99. The third-order valence-electron chi connectivity index (χ3n) is 4.74. The molecule has 20 heavy (non-hydrogen) atoms. The van der Waals surface area contributed by atoms with Gasteiger partial charge in [-0.25, -0.2) is 4.79 Å². The predicted molar refractivity (Wildman–Crippen MR) is 73.4 cm³/mol. The van der Waals surface area contributed by atoms with Crippen molar-refractivity contribution in [2.75, 3.05) is 26.2 Å². The molecule has 2 amide bonds. The van der Waals surface area contributed by atoms with E-state index >= 15 is 0 Å². The molecule has 1 unspecified atom stereocenters. The van der Waals surface area contributed by atoms with Gasteiger partial charge < -0.3 is 20.0 Å². The average molecular weight is 284 g/mol. The van der Waals surface area contributed by atoms with Crippen LogP contribution in [0.1, 0.15) is 39.0 Å². The van der Waals surface area contributed by atoms with E-state index in [1.807, 2.05) is 0 Å². The number of carboxylic acid groups (broad SMARTS) is 1. The standard InChI is InChI=1S/C14H24N2O4/c1-14(12(18)19)5-8-15(9-6-14)13(20)16-7-3-2-4-11(16)10-17/h11,17H,2-10H2,1H3,(H,18,19). The van der Waals surface area contributed by atoms with Crippen LogP contribution in [0.15, 0.2) is 0 Å². The maximum Gasteiger partial charge on any atom is 0.320 e. The van der Waals surface area contributed by atoms with E-state index in [4.69, 9.17) is 0 Å². The smallest absolute Gasteiger partial charge is 0.320 e. The van der Waals surface area contributed by atoms with Crippen LogP contribution in [0.5, 0.6) is 0 Å². The molecule has 2 heterocycles. The van der Waals surface area contributed by atoms with Crippen LogP contribution in [0.4, 0.5) is 4.79 Å². The van der Waals surface area contributed by atoms with Gasteiger partial charge in [0.15, 0.2) is 0 Å². The highest BCUT2D eigenvalue weighted by atomic mass is 16.4. The van der Waals surface area contributed by atoms with Crippen LogP contribution in [-0.4, -0.2) is 64.3 Å². The van der Waals surface area contributed by atoms with Crippen molar-refractivity contribution < 1.29 is 19.8 Å². The van der Waals surface area contributed by atoms with Gasteiger partial charge in [0.1, 0.15) is 0 Å². The van der Waals surface area contributed by atoms with Crippen LogP contribution in [-0.2, 0) is 4.79 Å². The molecule has 2 aliphatic heterocycles. The van der Waals surface area contributed by atoms with Gasteiger partial charge in [-0.1, -0.05) is 0 Å². The number of aliphatic hydroxyl groups excluding tert-OH is 1. The van der Waals surface area contributed by atoms with Crippen molar-refractivity contribution in [3.05, 3.63) is 0 Å². The number of nitrogens with zero attached hydrogens (tertiary/aromatic N) is 2. The van der Waals surface area contributed by atoms with E-state index in [1.54, 1.807) is 16.7 Å². The fraction of sp³-hybridized carbons (Fsp3) is 0.857. The van der Waals surface area contributed by atoms with E-state index in [-0.39, 0.29) is 18.7 Å². The maximum atomic E-state index is 12.5. The highest BCUT2D eigenvalue weighted by Crippen LogP contribution is 2.32. The van der Waals surface area contributed by atoms with Gasteiger partial charge in [0.05, 0.1) is 18.1 Å². The van der Waals surface area contributed by atoms with Crippen molar-refractivity contribution in [1.82, 2.24) is 9.80 Å². The summed E-state index contributed by atoms with van der Waals surface area (Å²) in [6, 6.07) is -0.125. The lowest BCUT2D eigenvalue weighted by molar-refractivity contribution is -0.150. The van der Waals surface area contributed by atoms with Crippen LogP contribution < -0.4 is 0 Å². The summed E-state index contributed by atoms with van der Waals surface area (Å²) in [6.07, 6.45) is 3.86. The van der Waals surface area contributed by atoms with Crippen LogP contribution in [0.2, 0.25) is 0 Å². The quantitative estimate of drug-likeness (QED) is 0.797. The van der Waals surface area contributed by atoms with Crippen molar-refractivity contribution in [2.45, 2.75) is 45.1 Å². The molecular formula is C14H24N2O4. The zero-order valence-electron chi connectivity index (χ0n) is 12.0. The molecule has 2 aliphatic rings. The highest BCUT2D eigenvalue weighted by Gasteiger charge is 2.39. The molecule has 6 nitrogen and oxygen atoms in total. The van der Waals surface area contributed by atoms with E-state index in [0.29, 0.717) is 32.5 Å². The molecule has 0 aromatic heterocycles. The average Bonchev–Trinajstić information content (AvgIpc) is 2.47. The Morgan fingerprint density at radius 1 is 1.20 bits per heavy atom. The van der Waals surface area contributed by atoms with Crippen molar-refractivity contribution in [3.63, 3.8) is 0 Å². The molecule has 2 fully saturated rings. The summed E-state index contributed by atoms with van der Waals surface area (Å²) in [4.78, 5) is 27.2. The largest absolute Gasteiger partial charge is 0.481 e. The van der Waals surface area contributed by atoms with E-state index in [1.165, 1.54) is 0 Å². The summed E-state index contributed by atoms with van der Waals surface area (Å²) in [5, 5.41) is 18.6. The van der Waals surface area contributed by atoms with Gasteiger partial charge >= 0.3 is 12.0 Å². The predicted octanol–water partition coefficient (Wildman–Crippen LogP) is 1.14. The minimum absolute atomic E-state index is 0.00637. The van der Waals surface area contributed by atoms with Gasteiger partial charge in [-0.2, -0.15) is 0 Å². The van der Waals surface area contributed by atoms with Crippen molar-refractivity contribution >= 4 is 12.0 Å². The van der Waals surface area contributed by atoms with Crippen LogP contribution in [0.3, 0.4) is 0 Å². The lowest BCUT2D eigenvalue weighted by atomic mass is 9.80. The Labute approximate surface area is 119 Å². The molecule has 0 aromatic carbocycles. The molecule has 2 rings (SSSR count). The second-order valence-electron chi connectivity index (χ2n) is 6.16. The minimum atomic E-state index is -0.782. The fourth-order valence-electron chi connectivity index (χ4n) is 3.03. The third-order valence-corrected chi connectivity index (χ3v) is 4.74. The number of likely N-dealkylation sites (tertiary alicyclic amines) is 2. The normalized spacial score (nSPS) is 26.4. The minimum Gasteiger partial charge on any atom is -0.481 e. The van der Waals surface area contributed by atoms with Gasteiger partial charge in [-0.3, -0.25) is 4.79 Å². The topological polar surface area (TPSA) is 81.1 Å². The fourth-order valence-corrected chi connectivity index (χ4v) is 3.03. The summed E-state index contributed by atoms with van der Waals surface area (Å²) in [5.41, 5.74) is -0.713. The maximum absolute atomic E-state index is 12.5. The number of hydrogen-bond donors (Lipinski definition) is 2. The molecule has 6 heteroatoms. The first-order chi connectivity index (χ1) is 9.48. The van der Waals surface area contributed by atoms with Crippen molar-refractivity contribution in [3.8, 4) is 0 Å². The van der Waals surface area contributed by atoms with Gasteiger partial charge in [-0.05, 0) is 39.0 Å².